The number of rotatable bonds is 2. The summed E-state index contributed by atoms with van der Waals surface area (Å²) in [5.41, 5.74) is 6.31. The van der Waals surface area contributed by atoms with Crippen LogP contribution in [0.4, 0.5) is 5.95 Å². The second-order valence-electron chi connectivity index (χ2n) is 3.89. The van der Waals surface area contributed by atoms with Crippen molar-refractivity contribution >= 4 is 29.2 Å². The maximum Gasteiger partial charge on any atom is 0.240 e. The number of anilines is 1. The maximum atomic E-state index is 6.17. The van der Waals surface area contributed by atoms with Crippen LogP contribution in [0.1, 0.15) is 0 Å². The van der Waals surface area contributed by atoms with Gasteiger partial charge in [0.1, 0.15) is 6.33 Å². The van der Waals surface area contributed by atoms with Gasteiger partial charge in [0.15, 0.2) is 5.82 Å². The molecule has 0 bridgehead atoms. The summed E-state index contributed by atoms with van der Waals surface area (Å²) in [6, 6.07) is 5.22. The van der Waals surface area contributed by atoms with Gasteiger partial charge in [0, 0.05) is 18.0 Å². The molecule has 0 unspecified atom stereocenters. The monoisotopic (exact) mass is 306 g/mol. The van der Waals surface area contributed by atoms with Crippen LogP contribution in [0.5, 0.6) is 0 Å². The number of halogens is 2. The van der Waals surface area contributed by atoms with Crippen molar-refractivity contribution in [3.8, 4) is 17.3 Å². The molecule has 0 aliphatic carbocycles. The van der Waals surface area contributed by atoms with Gasteiger partial charge in [-0.15, -0.1) is 0 Å². The third-order valence-electron chi connectivity index (χ3n) is 2.57. The van der Waals surface area contributed by atoms with Crippen LogP contribution >= 0.6 is 23.2 Å². The first-order chi connectivity index (χ1) is 9.65. The number of nitrogens with two attached hydrogens (primary N) is 1. The quantitative estimate of drug-likeness (QED) is 0.787. The topological polar surface area (TPSA) is 82.5 Å². The molecule has 0 spiro atoms. The van der Waals surface area contributed by atoms with Crippen molar-refractivity contribution < 1.29 is 0 Å². The molecule has 2 N–H and O–H groups in total. The van der Waals surface area contributed by atoms with E-state index < -0.39 is 0 Å². The van der Waals surface area contributed by atoms with Gasteiger partial charge < -0.3 is 5.73 Å². The number of hydrogen-bond acceptors (Lipinski definition) is 5. The predicted octanol–water partition coefficient (Wildman–Crippen LogP) is 2.61. The molecule has 0 atom stereocenters. The van der Waals surface area contributed by atoms with Crippen molar-refractivity contribution in [2.75, 3.05) is 5.73 Å². The van der Waals surface area contributed by atoms with Crippen LogP contribution in [0.3, 0.4) is 0 Å². The maximum absolute atomic E-state index is 6.17. The Kier molecular flexibility index (Phi) is 3.25. The number of aromatic nitrogens is 5. The largest absolute Gasteiger partial charge is 0.368 e. The second-order valence-corrected chi connectivity index (χ2v) is 4.67. The Bertz CT molecular complexity index is 757. The predicted molar refractivity (Wildman–Crippen MR) is 76.8 cm³/mol. The standard InChI is InChI=1S/C12H8Cl2N6/c13-8-3-1-2-7(9(8)14)10-17-11(15)19-12(18-10)20-5-4-16-6-20/h1-6H,(H2,15,17,18,19). The lowest BCUT2D eigenvalue weighted by Crippen LogP contribution is -2.06. The molecule has 0 fully saturated rings. The highest BCUT2D eigenvalue weighted by Crippen LogP contribution is 2.31. The zero-order chi connectivity index (χ0) is 14.1. The van der Waals surface area contributed by atoms with Gasteiger partial charge >= 0.3 is 0 Å². The molecule has 100 valence electrons. The first-order valence-electron chi connectivity index (χ1n) is 5.59. The molecular weight excluding hydrogens is 299 g/mol. The van der Waals surface area contributed by atoms with Crippen molar-refractivity contribution in [2.24, 2.45) is 0 Å². The molecule has 0 saturated heterocycles. The van der Waals surface area contributed by atoms with Gasteiger partial charge in [-0.2, -0.15) is 15.0 Å². The Morgan fingerprint density at radius 1 is 1.10 bits per heavy atom. The van der Waals surface area contributed by atoms with Gasteiger partial charge in [-0.25, -0.2) is 4.98 Å². The molecule has 1 aromatic carbocycles. The molecule has 2 aromatic heterocycles. The van der Waals surface area contributed by atoms with Crippen molar-refractivity contribution in [1.82, 2.24) is 24.5 Å². The van der Waals surface area contributed by atoms with Gasteiger partial charge in [0.2, 0.25) is 11.9 Å². The van der Waals surface area contributed by atoms with Gasteiger partial charge in [0.25, 0.3) is 0 Å². The minimum absolute atomic E-state index is 0.0924. The SMILES string of the molecule is Nc1nc(-c2cccc(Cl)c2Cl)nc(-n2ccnc2)n1. The highest BCUT2D eigenvalue weighted by molar-refractivity contribution is 6.43. The zero-order valence-electron chi connectivity index (χ0n) is 10.0. The number of nitrogens with zero attached hydrogens (tertiary/aromatic N) is 5. The molecule has 0 amide bonds. The van der Waals surface area contributed by atoms with E-state index in [1.165, 1.54) is 0 Å². The van der Waals surface area contributed by atoms with Crippen molar-refractivity contribution in [2.45, 2.75) is 0 Å². The van der Waals surface area contributed by atoms with E-state index in [9.17, 15) is 0 Å². The summed E-state index contributed by atoms with van der Waals surface area (Å²) < 4.78 is 1.62. The highest BCUT2D eigenvalue weighted by atomic mass is 35.5. The number of hydrogen-bond donors (Lipinski definition) is 1. The van der Waals surface area contributed by atoms with Crippen LogP contribution in [0.2, 0.25) is 10.0 Å². The lowest BCUT2D eigenvalue weighted by Gasteiger charge is -2.07. The summed E-state index contributed by atoms with van der Waals surface area (Å²) in [6.07, 6.45) is 4.89. The first kappa shape index (κ1) is 12.8. The Morgan fingerprint density at radius 2 is 1.95 bits per heavy atom. The average molecular weight is 307 g/mol. The smallest absolute Gasteiger partial charge is 0.240 e. The molecule has 8 heteroatoms. The fourth-order valence-electron chi connectivity index (χ4n) is 1.67. The number of benzene rings is 1. The summed E-state index contributed by atoms with van der Waals surface area (Å²) in [6.45, 7) is 0. The first-order valence-corrected chi connectivity index (χ1v) is 6.35. The van der Waals surface area contributed by atoms with E-state index in [1.807, 2.05) is 0 Å². The average Bonchev–Trinajstić information content (AvgIpc) is 2.95. The molecule has 3 aromatic rings. The van der Waals surface area contributed by atoms with Crippen LogP contribution in [-0.4, -0.2) is 24.5 Å². The van der Waals surface area contributed by atoms with Gasteiger partial charge in [-0.3, -0.25) is 4.57 Å². The van der Waals surface area contributed by atoms with Crippen LogP contribution in [0.15, 0.2) is 36.9 Å². The van der Waals surface area contributed by atoms with E-state index >= 15 is 0 Å². The van der Waals surface area contributed by atoms with Crippen molar-refractivity contribution in [3.63, 3.8) is 0 Å². The molecular formula is C12H8Cl2N6. The second kappa shape index (κ2) is 5.07. The zero-order valence-corrected chi connectivity index (χ0v) is 11.5. The molecule has 0 saturated carbocycles. The van der Waals surface area contributed by atoms with Crippen molar-refractivity contribution in [1.29, 1.82) is 0 Å². The molecule has 20 heavy (non-hydrogen) atoms. The Morgan fingerprint density at radius 3 is 2.70 bits per heavy atom. The van der Waals surface area contributed by atoms with E-state index in [1.54, 1.807) is 41.5 Å². The molecule has 0 aliphatic rings. The van der Waals surface area contributed by atoms with E-state index in [0.717, 1.165) is 0 Å². The molecule has 6 nitrogen and oxygen atoms in total. The van der Waals surface area contributed by atoms with E-state index in [4.69, 9.17) is 28.9 Å². The third-order valence-corrected chi connectivity index (χ3v) is 3.39. The molecule has 0 aliphatic heterocycles. The number of nitrogen functional groups attached to an aromatic ring is 1. The summed E-state index contributed by atoms with van der Waals surface area (Å²) in [4.78, 5) is 16.4. The lowest BCUT2D eigenvalue weighted by molar-refractivity contribution is 0.906. The number of imidazole rings is 1. The van der Waals surface area contributed by atoms with E-state index in [0.29, 0.717) is 27.4 Å². The van der Waals surface area contributed by atoms with E-state index in [-0.39, 0.29) is 5.95 Å². The molecule has 2 heterocycles. The van der Waals surface area contributed by atoms with Gasteiger partial charge in [-0.05, 0) is 12.1 Å². The Balaban J connectivity index is 2.17. The summed E-state index contributed by atoms with van der Waals surface area (Å²) in [7, 11) is 0. The Labute approximate surface area is 124 Å². The highest BCUT2D eigenvalue weighted by Gasteiger charge is 2.12. The van der Waals surface area contributed by atoms with Gasteiger partial charge in [0.05, 0.1) is 10.0 Å². The fraction of sp³-hybridized carbons (Fsp3) is 0. The van der Waals surface area contributed by atoms with E-state index in [2.05, 4.69) is 19.9 Å². The van der Waals surface area contributed by atoms with Crippen LogP contribution < -0.4 is 5.73 Å². The van der Waals surface area contributed by atoms with Crippen LogP contribution in [-0.2, 0) is 0 Å². The summed E-state index contributed by atoms with van der Waals surface area (Å²) in [5, 5.41) is 0.795. The van der Waals surface area contributed by atoms with Crippen LogP contribution in [0.25, 0.3) is 17.3 Å². The molecule has 0 radical (unpaired) electrons. The summed E-state index contributed by atoms with van der Waals surface area (Å²) >= 11 is 12.2. The lowest BCUT2D eigenvalue weighted by atomic mass is 10.2. The molecule has 3 rings (SSSR count). The Hall–Kier alpha value is -2.18. The van der Waals surface area contributed by atoms with Crippen LogP contribution in [0, 0.1) is 0 Å². The third kappa shape index (κ3) is 2.31. The van der Waals surface area contributed by atoms with Crippen molar-refractivity contribution in [3.05, 3.63) is 47.0 Å². The normalized spacial score (nSPS) is 10.7. The fourth-order valence-corrected chi connectivity index (χ4v) is 2.06. The minimum atomic E-state index is 0.0924. The minimum Gasteiger partial charge on any atom is -0.368 e. The summed E-state index contributed by atoms with van der Waals surface area (Å²) in [5.74, 6) is 0.810. The van der Waals surface area contributed by atoms with Gasteiger partial charge in [-0.1, -0.05) is 29.3 Å².